The van der Waals surface area contributed by atoms with Crippen LogP contribution in [0.25, 0.3) is 10.2 Å². The van der Waals surface area contributed by atoms with Gasteiger partial charge < -0.3 is 14.2 Å². The van der Waals surface area contributed by atoms with Crippen molar-refractivity contribution in [2.75, 3.05) is 13.2 Å². The maximum atomic E-state index is 14.6. The number of hydrogen-bond donors (Lipinski definition) is 1. The lowest BCUT2D eigenvalue weighted by Crippen LogP contribution is -2.18. The predicted molar refractivity (Wildman–Crippen MR) is 81.3 cm³/mol. The molecule has 0 radical (unpaired) electrons. The van der Waals surface area contributed by atoms with E-state index >= 15 is 0 Å². The molecule has 2 rings (SSSR count). The fourth-order valence-corrected chi connectivity index (χ4v) is 4.24. The van der Waals surface area contributed by atoms with Crippen molar-refractivity contribution in [1.29, 1.82) is 0 Å². The Hall–Kier alpha value is -1.41. The van der Waals surface area contributed by atoms with Crippen molar-refractivity contribution in [3.05, 3.63) is 28.8 Å². The molecule has 1 N–H and O–H groups in total. The molecule has 0 fully saturated rings. The summed E-state index contributed by atoms with van der Waals surface area (Å²) >= 11 is 0.866. The number of aromatic carboxylic acids is 1. The van der Waals surface area contributed by atoms with Crippen LogP contribution in [-0.4, -0.2) is 29.3 Å². The molecule has 10 heteroatoms. The Morgan fingerprint density at radius 2 is 1.96 bits per heavy atom. The second kappa shape index (κ2) is 6.60. The van der Waals surface area contributed by atoms with Gasteiger partial charge in [0.1, 0.15) is 9.71 Å². The fourth-order valence-electron chi connectivity index (χ4n) is 1.90. The van der Waals surface area contributed by atoms with Gasteiger partial charge in [0.05, 0.1) is 18.8 Å². The van der Waals surface area contributed by atoms with Gasteiger partial charge in [-0.3, -0.25) is 4.57 Å². The molecule has 0 atom stereocenters. The molecule has 2 aromatic heterocycles. The molecular formula is C13H14F2NO5PS. The Balaban J connectivity index is 2.51. The number of hydrogen-bond acceptors (Lipinski definition) is 6. The molecule has 0 spiro atoms. The molecule has 0 bridgehead atoms. The highest BCUT2D eigenvalue weighted by molar-refractivity contribution is 7.54. The summed E-state index contributed by atoms with van der Waals surface area (Å²) in [6.07, 6.45) is 0.856. The summed E-state index contributed by atoms with van der Waals surface area (Å²) in [7, 11) is -4.72. The van der Waals surface area contributed by atoms with Crippen molar-refractivity contribution in [2.45, 2.75) is 19.5 Å². The minimum Gasteiger partial charge on any atom is -0.477 e. The van der Waals surface area contributed by atoms with Crippen LogP contribution in [0.2, 0.25) is 0 Å². The van der Waals surface area contributed by atoms with Crippen molar-refractivity contribution in [2.24, 2.45) is 0 Å². The van der Waals surface area contributed by atoms with E-state index in [1.807, 2.05) is 0 Å². The first-order valence-corrected chi connectivity index (χ1v) is 9.01. The number of carboxylic acids is 1. The van der Waals surface area contributed by atoms with Crippen molar-refractivity contribution in [3.63, 3.8) is 0 Å². The number of carbonyl (C=O) groups is 1. The molecule has 0 aliphatic heterocycles. The average Bonchev–Trinajstić information content (AvgIpc) is 2.90. The average molecular weight is 365 g/mol. The van der Waals surface area contributed by atoms with Crippen molar-refractivity contribution < 1.29 is 32.3 Å². The summed E-state index contributed by atoms with van der Waals surface area (Å²) in [5, 5.41) is 9.16. The van der Waals surface area contributed by atoms with Gasteiger partial charge >= 0.3 is 19.2 Å². The van der Waals surface area contributed by atoms with E-state index in [0.29, 0.717) is 4.83 Å². The summed E-state index contributed by atoms with van der Waals surface area (Å²) in [5.74, 6) is -1.17. The molecule has 126 valence electrons. The van der Waals surface area contributed by atoms with Gasteiger partial charge in [0.25, 0.3) is 0 Å². The zero-order valence-electron chi connectivity index (χ0n) is 12.3. The zero-order valence-corrected chi connectivity index (χ0v) is 14.0. The van der Waals surface area contributed by atoms with Gasteiger partial charge in [-0.05, 0) is 26.0 Å². The van der Waals surface area contributed by atoms with Crippen molar-refractivity contribution in [3.8, 4) is 0 Å². The van der Waals surface area contributed by atoms with E-state index in [1.165, 1.54) is 19.9 Å². The van der Waals surface area contributed by atoms with E-state index < -0.39 is 24.8 Å². The highest BCUT2D eigenvalue weighted by atomic mass is 32.1. The first-order chi connectivity index (χ1) is 10.7. The number of nitrogens with zero attached hydrogens (tertiary/aromatic N) is 1. The molecule has 0 saturated carbocycles. The molecule has 2 heterocycles. The number of carboxylic acid groups (broad SMARTS) is 1. The fraction of sp³-hybridized carbons (Fsp3) is 0.385. The second-order valence-corrected chi connectivity index (χ2v) is 7.51. The van der Waals surface area contributed by atoms with Gasteiger partial charge in [-0.2, -0.15) is 8.78 Å². The minimum absolute atomic E-state index is 0.0224. The highest BCUT2D eigenvalue weighted by Crippen LogP contribution is 2.66. The lowest BCUT2D eigenvalue weighted by molar-refractivity contribution is 0.0359. The standard InChI is InChI=1S/C13H14F2NO5PS/c1-3-20-22(19,21-4-2)13(14,15)9-5-8-6-10(12(17)18)23-11(8)16-7-9/h5-7H,3-4H2,1-2H3,(H,17,18). The summed E-state index contributed by atoms with van der Waals surface area (Å²) in [5.41, 5.74) is -4.55. The Labute approximate surface area is 134 Å². The summed E-state index contributed by atoms with van der Waals surface area (Å²) in [4.78, 5) is 15.0. The number of halogens is 2. The molecule has 0 saturated heterocycles. The van der Waals surface area contributed by atoms with E-state index in [4.69, 9.17) is 14.2 Å². The Kier molecular flexibility index (Phi) is 5.15. The van der Waals surface area contributed by atoms with E-state index in [2.05, 4.69) is 4.98 Å². The number of thiophene rings is 1. The van der Waals surface area contributed by atoms with Gasteiger partial charge in [-0.15, -0.1) is 11.3 Å². The molecule has 6 nitrogen and oxygen atoms in total. The van der Waals surface area contributed by atoms with Gasteiger partial charge in [0.2, 0.25) is 0 Å². The second-order valence-electron chi connectivity index (χ2n) is 4.41. The molecule has 0 unspecified atom stereocenters. The number of rotatable bonds is 7. The monoisotopic (exact) mass is 365 g/mol. The molecule has 23 heavy (non-hydrogen) atoms. The third kappa shape index (κ3) is 3.28. The third-order valence-electron chi connectivity index (χ3n) is 2.87. The van der Waals surface area contributed by atoms with Crippen molar-refractivity contribution in [1.82, 2.24) is 4.98 Å². The maximum Gasteiger partial charge on any atom is 0.404 e. The van der Waals surface area contributed by atoms with Gasteiger partial charge in [-0.25, -0.2) is 9.78 Å². The Morgan fingerprint density at radius 3 is 2.48 bits per heavy atom. The summed E-state index contributed by atoms with van der Waals surface area (Å²) < 4.78 is 51.0. The zero-order chi connectivity index (χ0) is 17.3. The van der Waals surface area contributed by atoms with E-state index in [-0.39, 0.29) is 23.5 Å². The van der Waals surface area contributed by atoms with Crippen LogP contribution in [-0.2, 0) is 19.3 Å². The molecule has 0 aromatic carbocycles. The largest absolute Gasteiger partial charge is 0.477 e. The third-order valence-corrected chi connectivity index (χ3v) is 6.06. The van der Waals surface area contributed by atoms with Crippen LogP contribution >= 0.6 is 18.9 Å². The Morgan fingerprint density at radius 1 is 1.35 bits per heavy atom. The van der Waals surface area contributed by atoms with E-state index in [9.17, 15) is 18.1 Å². The normalized spacial score (nSPS) is 12.7. The molecule has 2 aromatic rings. The van der Waals surface area contributed by atoms with Crippen LogP contribution in [0.5, 0.6) is 0 Å². The number of aromatic nitrogens is 1. The first-order valence-electron chi connectivity index (χ1n) is 6.65. The quantitative estimate of drug-likeness (QED) is 0.736. The smallest absolute Gasteiger partial charge is 0.404 e. The lowest BCUT2D eigenvalue weighted by atomic mass is 10.2. The van der Waals surface area contributed by atoms with Crippen LogP contribution in [0.15, 0.2) is 18.3 Å². The number of pyridine rings is 1. The Bertz CT molecular complexity index is 769. The molecule has 0 amide bonds. The summed E-state index contributed by atoms with van der Waals surface area (Å²) in [6.45, 7) is 2.46. The first kappa shape index (κ1) is 17.9. The highest BCUT2D eigenvalue weighted by Gasteiger charge is 2.55. The summed E-state index contributed by atoms with van der Waals surface area (Å²) in [6, 6.07) is 2.29. The van der Waals surface area contributed by atoms with Crippen LogP contribution in [0.1, 0.15) is 29.1 Å². The number of alkyl halides is 2. The van der Waals surface area contributed by atoms with Gasteiger partial charge in [-0.1, -0.05) is 0 Å². The van der Waals surface area contributed by atoms with Gasteiger partial charge in [0.15, 0.2) is 0 Å². The van der Waals surface area contributed by atoms with Crippen LogP contribution < -0.4 is 0 Å². The topological polar surface area (TPSA) is 85.7 Å². The molecular weight excluding hydrogens is 351 g/mol. The van der Waals surface area contributed by atoms with Crippen LogP contribution in [0.3, 0.4) is 0 Å². The predicted octanol–water partition coefficient (Wildman–Crippen LogP) is 4.31. The van der Waals surface area contributed by atoms with Gasteiger partial charge in [0, 0.05) is 11.6 Å². The van der Waals surface area contributed by atoms with Crippen LogP contribution in [0.4, 0.5) is 8.78 Å². The lowest BCUT2D eigenvalue weighted by Gasteiger charge is -2.25. The van der Waals surface area contributed by atoms with Crippen LogP contribution in [0, 0.1) is 0 Å². The SMILES string of the molecule is CCOP(=O)(OCC)C(F)(F)c1cnc2sc(C(=O)O)cc2c1. The molecule has 0 aliphatic rings. The minimum atomic E-state index is -4.72. The maximum absolute atomic E-state index is 14.6. The van der Waals surface area contributed by atoms with E-state index in [0.717, 1.165) is 23.6 Å². The molecule has 0 aliphatic carbocycles. The number of fused-ring (bicyclic) bond motifs is 1. The van der Waals surface area contributed by atoms with Crippen molar-refractivity contribution >= 4 is 35.1 Å². The van der Waals surface area contributed by atoms with E-state index in [1.54, 1.807) is 0 Å².